The fourth-order valence-corrected chi connectivity index (χ4v) is 6.62. The summed E-state index contributed by atoms with van der Waals surface area (Å²) in [4.78, 5) is 4.49. The Bertz CT molecular complexity index is 2660. The van der Waals surface area contributed by atoms with Crippen molar-refractivity contribution in [1.29, 1.82) is 0 Å². The van der Waals surface area contributed by atoms with E-state index in [1.54, 1.807) is 6.20 Å². The molecule has 0 N–H and O–H groups in total. The minimum Gasteiger partial charge on any atom is -0.456 e. The van der Waals surface area contributed by atoms with Crippen LogP contribution in [0.15, 0.2) is 124 Å². The van der Waals surface area contributed by atoms with Crippen LogP contribution in [-0.4, -0.2) is 19.1 Å². The first-order valence-electron chi connectivity index (χ1n) is 13.8. The third-order valence-electron chi connectivity index (χ3n) is 8.51. The fraction of sp³-hybridized carbons (Fsp3) is 0. The zero-order valence-electron chi connectivity index (χ0n) is 22.4. The number of hydrogen-bond donors (Lipinski definition) is 0. The molecule has 0 aliphatic heterocycles. The van der Waals surface area contributed by atoms with E-state index in [9.17, 15) is 0 Å². The third kappa shape index (κ3) is 3.32. The smallest absolute Gasteiger partial charge is 0.135 e. The Labute approximate surface area is 257 Å². The van der Waals surface area contributed by atoms with Crippen LogP contribution >= 0.6 is 0 Å². The topological polar surface area (TPSA) is 61.4 Å². The predicted molar refractivity (Wildman–Crippen MR) is 166 cm³/mol. The molecular formula is C36H19IrN4O2-. The van der Waals surface area contributed by atoms with Gasteiger partial charge < -0.3 is 22.9 Å². The molecule has 0 fully saturated rings. The summed E-state index contributed by atoms with van der Waals surface area (Å²) in [5.74, 6) is 0. The van der Waals surface area contributed by atoms with E-state index in [0.29, 0.717) is 5.58 Å². The second-order valence-corrected chi connectivity index (χ2v) is 10.7. The largest absolute Gasteiger partial charge is 0.456 e. The number of furan rings is 1. The van der Waals surface area contributed by atoms with Gasteiger partial charge in [0.25, 0.3) is 0 Å². The molecule has 5 heterocycles. The number of hydrogen-bond acceptors (Lipinski definition) is 4. The van der Waals surface area contributed by atoms with E-state index in [4.69, 9.17) is 8.94 Å². The van der Waals surface area contributed by atoms with Crippen LogP contribution in [-0.2, 0) is 20.1 Å². The van der Waals surface area contributed by atoms with Gasteiger partial charge in [0.2, 0.25) is 0 Å². The second-order valence-electron chi connectivity index (χ2n) is 10.7. The number of nitrogens with zero attached hydrogens (tertiary/aromatic N) is 4. The molecule has 43 heavy (non-hydrogen) atoms. The maximum absolute atomic E-state index is 6.30. The van der Waals surface area contributed by atoms with Crippen LogP contribution in [0, 0.1) is 6.20 Å². The Balaban J connectivity index is 0.00000260. The summed E-state index contributed by atoms with van der Waals surface area (Å²) < 4.78 is 16.3. The third-order valence-corrected chi connectivity index (χ3v) is 8.51. The molecule has 0 aliphatic rings. The maximum atomic E-state index is 6.30. The number of fused-ring (bicyclic) bond motifs is 12. The molecule has 6 nitrogen and oxygen atoms in total. The van der Waals surface area contributed by atoms with E-state index in [-0.39, 0.29) is 20.1 Å². The summed E-state index contributed by atoms with van der Waals surface area (Å²) in [5.41, 5.74) is 9.87. The van der Waals surface area contributed by atoms with Crippen LogP contribution < -0.4 is 0 Å². The van der Waals surface area contributed by atoms with E-state index in [1.165, 1.54) is 21.8 Å². The van der Waals surface area contributed by atoms with E-state index in [0.717, 1.165) is 60.7 Å². The number of pyridine rings is 1. The molecule has 7 heteroatoms. The van der Waals surface area contributed by atoms with Crippen molar-refractivity contribution < 1.29 is 29.0 Å². The van der Waals surface area contributed by atoms with Crippen molar-refractivity contribution in [1.82, 2.24) is 19.1 Å². The molecule has 0 saturated heterocycles. The number of para-hydroxylation sites is 2. The normalized spacial score (nSPS) is 12.0. The van der Waals surface area contributed by atoms with Crippen molar-refractivity contribution in [3.05, 3.63) is 122 Å². The Kier molecular flexibility index (Phi) is 5.04. The van der Waals surface area contributed by atoms with Crippen LogP contribution in [0.3, 0.4) is 0 Å². The van der Waals surface area contributed by atoms with Crippen molar-refractivity contribution in [3.8, 4) is 16.8 Å². The molecule has 0 amide bonds. The summed E-state index contributed by atoms with van der Waals surface area (Å²) >= 11 is 0. The van der Waals surface area contributed by atoms with E-state index in [2.05, 4.69) is 128 Å². The van der Waals surface area contributed by atoms with Crippen molar-refractivity contribution in [3.63, 3.8) is 0 Å². The zero-order chi connectivity index (χ0) is 27.4. The standard InChI is InChI=1S/C36H19N4O2.Ir/c1-3-7-31-24(5-1)25-6-2-4-8-32(25)40(31)23-11-14-34-27(19-23)26-17-22(10-13-33(26)41-34)21-9-12-30-28(18-21)35-29(20-38-42-35)36-37-15-16-39(30)36;/h1-19H;/q-1;. The molecule has 0 aliphatic carbocycles. The van der Waals surface area contributed by atoms with Gasteiger partial charge in [-0.3, -0.25) is 0 Å². The quantitative estimate of drug-likeness (QED) is 0.167. The fourth-order valence-electron chi connectivity index (χ4n) is 6.62. The molecule has 10 rings (SSSR count). The molecule has 0 atom stereocenters. The first-order chi connectivity index (χ1) is 20.8. The van der Waals surface area contributed by atoms with Crippen LogP contribution in [0.2, 0.25) is 0 Å². The average molecular weight is 732 g/mol. The molecule has 0 saturated carbocycles. The predicted octanol–water partition coefficient (Wildman–Crippen LogP) is 9.09. The molecule has 0 unspecified atom stereocenters. The molecule has 5 aromatic heterocycles. The summed E-state index contributed by atoms with van der Waals surface area (Å²) in [5, 5.41) is 10.3. The van der Waals surface area contributed by atoms with Crippen molar-refractivity contribution in [2.75, 3.05) is 0 Å². The Morgan fingerprint density at radius 3 is 2.09 bits per heavy atom. The van der Waals surface area contributed by atoms with Gasteiger partial charge in [-0.1, -0.05) is 60.0 Å². The van der Waals surface area contributed by atoms with Crippen molar-refractivity contribution in [2.24, 2.45) is 0 Å². The van der Waals surface area contributed by atoms with Gasteiger partial charge in [-0.25, -0.2) is 0 Å². The second kappa shape index (κ2) is 8.88. The Morgan fingerprint density at radius 1 is 0.628 bits per heavy atom. The van der Waals surface area contributed by atoms with Gasteiger partial charge in [0.15, 0.2) is 0 Å². The van der Waals surface area contributed by atoms with Gasteiger partial charge in [-0.05, 0) is 71.2 Å². The van der Waals surface area contributed by atoms with Crippen LogP contribution in [0.5, 0.6) is 0 Å². The minimum absolute atomic E-state index is 0. The number of imidazole rings is 1. The number of aromatic nitrogens is 4. The van der Waals surface area contributed by atoms with Crippen molar-refractivity contribution >= 4 is 71.3 Å². The van der Waals surface area contributed by atoms with Gasteiger partial charge in [0.1, 0.15) is 11.2 Å². The van der Waals surface area contributed by atoms with Gasteiger partial charge in [-0.2, -0.15) is 5.16 Å². The molecule has 5 aromatic carbocycles. The first-order valence-corrected chi connectivity index (χ1v) is 13.8. The monoisotopic (exact) mass is 732 g/mol. The van der Waals surface area contributed by atoms with E-state index < -0.39 is 0 Å². The number of rotatable bonds is 2. The molecular weight excluding hydrogens is 713 g/mol. The maximum Gasteiger partial charge on any atom is 0.135 e. The first kappa shape index (κ1) is 24.4. The summed E-state index contributed by atoms with van der Waals surface area (Å²) in [6, 6.07) is 36.4. The van der Waals surface area contributed by atoms with E-state index >= 15 is 0 Å². The minimum atomic E-state index is 0. The molecule has 0 bridgehead atoms. The molecule has 0 spiro atoms. The number of benzene rings is 5. The van der Waals surface area contributed by atoms with Crippen LogP contribution in [0.25, 0.3) is 88.1 Å². The van der Waals surface area contributed by atoms with Crippen LogP contribution in [0.4, 0.5) is 0 Å². The van der Waals surface area contributed by atoms with Crippen molar-refractivity contribution in [2.45, 2.75) is 0 Å². The van der Waals surface area contributed by atoms with Gasteiger partial charge >= 0.3 is 0 Å². The summed E-state index contributed by atoms with van der Waals surface area (Å²) in [6.07, 6.45) is 6.71. The average Bonchev–Trinajstić information content (AvgIpc) is 3.84. The zero-order valence-corrected chi connectivity index (χ0v) is 24.8. The summed E-state index contributed by atoms with van der Waals surface area (Å²) in [7, 11) is 0. The van der Waals surface area contributed by atoms with Crippen LogP contribution in [0.1, 0.15) is 0 Å². The van der Waals surface area contributed by atoms with Gasteiger partial charge in [0.05, 0.1) is 16.6 Å². The molecule has 205 valence electrons. The Morgan fingerprint density at radius 2 is 1.30 bits per heavy atom. The van der Waals surface area contributed by atoms with Gasteiger partial charge in [-0.15, -0.1) is 0 Å². The SMILES string of the molecule is [Ir].[c-]1noc2c1c1nccn1c1ccc(-c3ccc4oc5ccc(-n6c7ccccc7c7ccccc76)cc5c4c3)cc21. The van der Waals surface area contributed by atoms with Gasteiger partial charge in [0, 0.05) is 70.9 Å². The summed E-state index contributed by atoms with van der Waals surface area (Å²) in [6.45, 7) is 0. The molecule has 10 aromatic rings. The van der Waals surface area contributed by atoms with E-state index in [1.807, 2.05) is 6.20 Å². The Hall–Kier alpha value is -5.23. The molecule has 1 radical (unpaired) electrons.